The third kappa shape index (κ3) is 3.88. The molecule has 1 atom stereocenters. The average Bonchev–Trinajstić information content (AvgIpc) is 2.46. The van der Waals surface area contributed by atoms with Crippen LogP contribution < -0.4 is 10.5 Å². The molecule has 0 aliphatic heterocycles. The number of halogens is 2. The predicted octanol–water partition coefficient (Wildman–Crippen LogP) is 4.28. The van der Waals surface area contributed by atoms with Gasteiger partial charge in [0.05, 0.1) is 7.11 Å². The highest BCUT2D eigenvalue weighted by Crippen LogP contribution is 2.26. The minimum atomic E-state index is -0.392. The van der Waals surface area contributed by atoms with Gasteiger partial charge in [0, 0.05) is 21.7 Å². The highest BCUT2D eigenvalue weighted by molar-refractivity contribution is 7.99. The zero-order valence-corrected chi connectivity index (χ0v) is 12.5. The van der Waals surface area contributed by atoms with E-state index in [0.717, 1.165) is 10.5 Å². The summed E-state index contributed by atoms with van der Waals surface area (Å²) in [5, 5.41) is 0.705. The van der Waals surface area contributed by atoms with Crippen molar-refractivity contribution in [1.82, 2.24) is 0 Å². The molecule has 0 saturated heterocycles. The van der Waals surface area contributed by atoms with Gasteiger partial charge in [0.25, 0.3) is 0 Å². The van der Waals surface area contributed by atoms with Gasteiger partial charge in [-0.05, 0) is 42.0 Å². The Morgan fingerprint density at radius 2 is 1.95 bits per heavy atom. The molecule has 0 spiro atoms. The maximum atomic E-state index is 13.6. The topological polar surface area (TPSA) is 35.2 Å². The molecule has 0 aliphatic carbocycles. The molecule has 0 saturated carbocycles. The van der Waals surface area contributed by atoms with Gasteiger partial charge in [0.1, 0.15) is 0 Å². The zero-order chi connectivity index (χ0) is 14.5. The molecule has 0 aromatic heterocycles. The maximum Gasteiger partial charge on any atom is 0.165 e. The molecule has 0 bridgehead atoms. The van der Waals surface area contributed by atoms with Gasteiger partial charge in [0.2, 0.25) is 0 Å². The number of hydrogen-bond donors (Lipinski definition) is 1. The van der Waals surface area contributed by atoms with Crippen LogP contribution >= 0.6 is 23.4 Å². The highest BCUT2D eigenvalue weighted by atomic mass is 35.5. The molecular formula is C15H15ClFNOS. The first kappa shape index (κ1) is 15.2. The van der Waals surface area contributed by atoms with Gasteiger partial charge in [-0.3, -0.25) is 0 Å². The van der Waals surface area contributed by atoms with Crippen molar-refractivity contribution in [3.63, 3.8) is 0 Å². The van der Waals surface area contributed by atoms with E-state index in [0.29, 0.717) is 10.8 Å². The number of methoxy groups -OCH3 is 1. The van der Waals surface area contributed by atoms with Crippen molar-refractivity contribution < 1.29 is 9.13 Å². The van der Waals surface area contributed by atoms with Crippen LogP contribution in [0, 0.1) is 5.82 Å². The molecule has 2 N–H and O–H groups in total. The first-order valence-electron chi connectivity index (χ1n) is 6.07. The van der Waals surface area contributed by atoms with E-state index in [2.05, 4.69) is 0 Å². The molecule has 0 amide bonds. The fourth-order valence-corrected chi connectivity index (χ4v) is 2.75. The van der Waals surface area contributed by atoms with E-state index in [1.54, 1.807) is 23.9 Å². The van der Waals surface area contributed by atoms with Crippen molar-refractivity contribution >= 4 is 23.4 Å². The summed E-state index contributed by atoms with van der Waals surface area (Å²) < 4.78 is 18.5. The van der Waals surface area contributed by atoms with Crippen molar-refractivity contribution in [1.29, 1.82) is 0 Å². The lowest BCUT2D eigenvalue weighted by Gasteiger charge is -2.13. The van der Waals surface area contributed by atoms with Crippen molar-refractivity contribution in [3.05, 3.63) is 58.9 Å². The SMILES string of the molecule is COc1ccc(C(N)CSc2ccc(Cl)cc2)cc1F. The number of nitrogens with two attached hydrogens (primary N) is 1. The molecular weight excluding hydrogens is 297 g/mol. The number of benzene rings is 2. The minimum Gasteiger partial charge on any atom is -0.494 e. The highest BCUT2D eigenvalue weighted by Gasteiger charge is 2.10. The smallest absolute Gasteiger partial charge is 0.165 e. The van der Waals surface area contributed by atoms with Gasteiger partial charge < -0.3 is 10.5 Å². The zero-order valence-electron chi connectivity index (χ0n) is 11.0. The Hall–Kier alpha value is -1.23. The Bertz CT molecular complexity index is 577. The van der Waals surface area contributed by atoms with Crippen LogP contribution in [0.2, 0.25) is 5.02 Å². The first-order valence-corrected chi connectivity index (χ1v) is 7.44. The van der Waals surface area contributed by atoms with E-state index in [1.807, 2.05) is 24.3 Å². The maximum absolute atomic E-state index is 13.6. The van der Waals surface area contributed by atoms with Crippen LogP contribution in [0.4, 0.5) is 4.39 Å². The molecule has 1 unspecified atom stereocenters. The number of ether oxygens (including phenoxy) is 1. The Kier molecular flexibility index (Phi) is 5.29. The molecule has 2 nitrogen and oxygen atoms in total. The van der Waals surface area contributed by atoms with Crippen LogP contribution in [0.1, 0.15) is 11.6 Å². The van der Waals surface area contributed by atoms with E-state index in [-0.39, 0.29) is 11.8 Å². The molecule has 2 rings (SSSR count). The van der Waals surface area contributed by atoms with E-state index >= 15 is 0 Å². The quantitative estimate of drug-likeness (QED) is 0.837. The van der Waals surface area contributed by atoms with Gasteiger partial charge in [0.15, 0.2) is 11.6 Å². The summed E-state index contributed by atoms with van der Waals surface area (Å²) in [4.78, 5) is 1.08. The van der Waals surface area contributed by atoms with Gasteiger partial charge in [-0.25, -0.2) is 4.39 Å². The molecule has 2 aromatic rings. The molecule has 0 radical (unpaired) electrons. The normalized spacial score (nSPS) is 12.2. The molecule has 0 heterocycles. The summed E-state index contributed by atoms with van der Waals surface area (Å²) in [5.41, 5.74) is 6.83. The van der Waals surface area contributed by atoms with E-state index < -0.39 is 5.82 Å². The largest absolute Gasteiger partial charge is 0.494 e. The second-order valence-corrected chi connectivity index (χ2v) is 5.80. The second kappa shape index (κ2) is 6.97. The summed E-state index contributed by atoms with van der Waals surface area (Å²) in [7, 11) is 1.44. The van der Waals surface area contributed by atoms with Gasteiger partial charge in [-0.2, -0.15) is 0 Å². The number of rotatable bonds is 5. The Morgan fingerprint density at radius 3 is 2.55 bits per heavy atom. The Labute approximate surface area is 127 Å². The molecule has 0 aliphatic rings. The number of hydrogen-bond acceptors (Lipinski definition) is 3. The Balaban J connectivity index is 1.99. The van der Waals surface area contributed by atoms with Gasteiger partial charge in [-0.1, -0.05) is 17.7 Å². The molecule has 5 heteroatoms. The number of thioether (sulfide) groups is 1. The average molecular weight is 312 g/mol. The lowest BCUT2D eigenvalue weighted by atomic mass is 10.1. The predicted molar refractivity (Wildman–Crippen MR) is 82.1 cm³/mol. The lowest BCUT2D eigenvalue weighted by molar-refractivity contribution is 0.386. The monoisotopic (exact) mass is 311 g/mol. The standard InChI is InChI=1S/C15H15ClFNOS/c1-19-15-7-2-10(8-13(15)17)14(18)9-20-12-5-3-11(16)4-6-12/h2-8,14H,9,18H2,1H3. The molecule has 20 heavy (non-hydrogen) atoms. The summed E-state index contributed by atoms with van der Waals surface area (Å²) in [6.45, 7) is 0. The van der Waals surface area contributed by atoms with Crippen LogP contribution in [0.15, 0.2) is 47.4 Å². The molecule has 0 fully saturated rings. The third-order valence-electron chi connectivity index (χ3n) is 2.85. The van der Waals surface area contributed by atoms with Crippen LogP contribution in [0.5, 0.6) is 5.75 Å². The minimum absolute atomic E-state index is 0.228. The summed E-state index contributed by atoms with van der Waals surface area (Å²) in [5.74, 6) is 0.496. The van der Waals surface area contributed by atoms with Crippen molar-refractivity contribution in [2.75, 3.05) is 12.9 Å². The van der Waals surface area contributed by atoms with Crippen molar-refractivity contribution in [3.8, 4) is 5.75 Å². The third-order valence-corrected chi connectivity index (χ3v) is 4.23. The fraction of sp³-hybridized carbons (Fsp3) is 0.200. The van der Waals surface area contributed by atoms with Crippen molar-refractivity contribution in [2.45, 2.75) is 10.9 Å². The van der Waals surface area contributed by atoms with Crippen LogP contribution in [-0.4, -0.2) is 12.9 Å². The van der Waals surface area contributed by atoms with Gasteiger partial charge in [-0.15, -0.1) is 11.8 Å². The lowest BCUT2D eigenvalue weighted by Crippen LogP contribution is -2.13. The van der Waals surface area contributed by atoms with E-state index in [1.165, 1.54) is 13.2 Å². The van der Waals surface area contributed by atoms with Crippen molar-refractivity contribution in [2.24, 2.45) is 5.73 Å². The summed E-state index contributed by atoms with van der Waals surface area (Å²) >= 11 is 7.44. The summed E-state index contributed by atoms with van der Waals surface area (Å²) in [6.07, 6.45) is 0. The molecule has 106 valence electrons. The fourth-order valence-electron chi connectivity index (χ4n) is 1.73. The molecule has 2 aromatic carbocycles. The van der Waals surface area contributed by atoms with E-state index in [4.69, 9.17) is 22.1 Å². The van der Waals surface area contributed by atoms with E-state index in [9.17, 15) is 4.39 Å². The first-order chi connectivity index (χ1) is 9.60. The van der Waals surface area contributed by atoms with Crippen LogP contribution in [0.3, 0.4) is 0 Å². The summed E-state index contributed by atoms with van der Waals surface area (Å²) in [6, 6.07) is 12.1. The van der Waals surface area contributed by atoms with Crippen LogP contribution in [0.25, 0.3) is 0 Å². The Morgan fingerprint density at radius 1 is 1.25 bits per heavy atom. The second-order valence-electron chi connectivity index (χ2n) is 4.27. The van der Waals surface area contributed by atoms with Crippen LogP contribution in [-0.2, 0) is 0 Å². The van der Waals surface area contributed by atoms with Gasteiger partial charge >= 0.3 is 0 Å².